The van der Waals surface area contributed by atoms with Gasteiger partial charge in [0.1, 0.15) is 0 Å². The van der Waals surface area contributed by atoms with Crippen LogP contribution in [0.2, 0.25) is 0 Å². The fourth-order valence-corrected chi connectivity index (χ4v) is 1.88. The van der Waals surface area contributed by atoms with E-state index in [9.17, 15) is 9.59 Å². The smallest absolute Gasteiger partial charge is 0.304 e. The number of ketones is 1. The number of carboxylic acid groups (broad SMARTS) is 1. The van der Waals surface area contributed by atoms with Crippen LogP contribution in [0.3, 0.4) is 0 Å². The van der Waals surface area contributed by atoms with Crippen molar-refractivity contribution in [3.63, 3.8) is 0 Å². The Hall–Kier alpha value is -1.16. The van der Waals surface area contributed by atoms with Gasteiger partial charge in [0.25, 0.3) is 0 Å². The summed E-state index contributed by atoms with van der Waals surface area (Å²) in [6, 6.07) is 6.97. The Morgan fingerprint density at radius 1 is 1.38 bits per heavy atom. The first-order chi connectivity index (χ1) is 7.33. The molecule has 0 aliphatic rings. The van der Waals surface area contributed by atoms with Gasteiger partial charge in [0.15, 0.2) is 5.78 Å². The normalized spacial score (nSPS) is 11.2. The topological polar surface area (TPSA) is 54.4 Å². The van der Waals surface area contributed by atoms with Gasteiger partial charge < -0.3 is 5.11 Å². The second-order valence-corrected chi connectivity index (χ2v) is 5.21. The van der Waals surface area contributed by atoms with E-state index in [0.717, 1.165) is 4.47 Å². The van der Waals surface area contributed by atoms with Crippen LogP contribution in [0.4, 0.5) is 0 Å². The van der Waals surface area contributed by atoms with Gasteiger partial charge in [-0.3, -0.25) is 9.59 Å². The SMILES string of the molecule is CC(C)(CC(=O)O)C(=O)c1cccc(Br)c1. The molecule has 0 atom stereocenters. The standard InChI is InChI=1S/C12H13BrO3/c1-12(2,7-10(14)15)11(16)8-4-3-5-9(13)6-8/h3-6H,7H2,1-2H3,(H,14,15). The van der Waals surface area contributed by atoms with Crippen LogP contribution < -0.4 is 0 Å². The van der Waals surface area contributed by atoms with E-state index in [0.29, 0.717) is 5.56 Å². The van der Waals surface area contributed by atoms with Crippen molar-refractivity contribution >= 4 is 27.7 Å². The summed E-state index contributed by atoms with van der Waals surface area (Å²) in [6.07, 6.45) is -0.168. The number of rotatable bonds is 4. The van der Waals surface area contributed by atoms with Crippen molar-refractivity contribution in [1.29, 1.82) is 0 Å². The number of carbonyl (C=O) groups is 2. The summed E-state index contributed by atoms with van der Waals surface area (Å²) in [5.41, 5.74) is -0.354. The molecule has 0 aromatic heterocycles. The van der Waals surface area contributed by atoms with Crippen molar-refractivity contribution in [1.82, 2.24) is 0 Å². The lowest BCUT2D eigenvalue weighted by molar-refractivity contribution is -0.138. The van der Waals surface area contributed by atoms with Crippen LogP contribution in [0.25, 0.3) is 0 Å². The number of Topliss-reactive ketones (excluding diaryl/α,β-unsaturated/α-hetero) is 1. The fraction of sp³-hybridized carbons (Fsp3) is 0.333. The Labute approximate surface area is 103 Å². The molecule has 0 amide bonds. The summed E-state index contributed by atoms with van der Waals surface area (Å²) < 4.78 is 0.810. The second kappa shape index (κ2) is 4.78. The monoisotopic (exact) mass is 284 g/mol. The Balaban J connectivity index is 2.97. The van der Waals surface area contributed by atoms with Crippen LogP contribution >= 0.6 is 15.9 Å². The van der Waals surface area contributed by atoms with Crippen molar-refractivity contribution in [2.24, 2.45) is 5.41 Å². The molecular formula is C12H13BrO3. The molecule has 0 spiro atoms. The molecule has 0 saturated carbocycles. The third kappa shape index (κ3) is 3.17. The molecule has 0 saturated heterocycles. The number of carbonyl (C=O) groups excluding carboxylic acids is 1. The van der Waals surface area contributed by atoms with E-state index in [1.54, 1.807) is 32.0 Å². The third-order valence-electron chi connectivity index (χ3n) is 2.29. The van der Waals surface area contributed by atoms with Gasteiger partial charge in [0, 0.05) is 15.5 Å². The molecule has 1 rings (SSSR count). The molecule has 0 radical (unpaired) electrons. The van der Waals surface area contributed by atoms with Gasteiger partial charge in [-0.15, -0.1) is 0 Å². The highest BCUT2D eigenvalue weighted by Gasteiger charge is 2.31. The summed E-state index contributed by atoms with van der Waals surface area (Å²) >= 11 is 3.28. The van der Waals surface area contributed by atoms with Crippen LogP contribution in [0.1, 0.15) is 30.6 Å². The number of aliphatic carboxylic acids is 1. The van der Waals surface area contributed by atoms with Gasteiger partial charge in [-0.2, -0.15) is 0 Å². The highest BCUT2D eigenvalue weighted by Crippen LogP contribution is 2.27. The lowest BCUT2D eigenvalue weighted by Crippen LogP contribution is -2.27. The Bertz CT molecular complexity index is 424. The van der Waals surface area contributed by atoms with E-state index in [-0.39, 0.29) is 12.2 Å². The highest BCUT2D eigenvalue weighted by molar-refractivity contribution is 9.10. The Morgan fingerprint density at radius 3 is 2.50 bits per heavy atom. The average molecular weight is 285 g/mol. The molecular weight excluding hydrogens is 272 g/mol. The van der Waals surface area contributed by atoms with Crippen molar-refractivity contribution in [3.05, 3.63) is 34.3 Å². The van der Waals surface area contributed by atoms with Crippen molar-refractivity contribution in [3.8, 4) is 0 Å². The average Bonchev–Trinajstić information content (AvgIpc) is 2.14. The molecule has 1 aromatic rings. The summed E-state index contributed by atoms with van der Waals surface area (Å²) in [7, 11) is 0. The van der Waals surface area contributed by atoms with Crippen LogP contribution in [0, 0.1) is 5.41 Å². The minimum atomic E-state index is -0.964. The van der Waals surface area contributed by atoms with Crippen molar-refractivity contribution < 1.29 is 14.7 Å². The molecule has 86 valence electrons. The second-order valence-electron chi connectivity index (χ2n) is 4.29. The lowest BCUT2D eigenvalue weighted by atomic mass is 9.81. The van der Waals surface area contributed by atoms with Crippen LogP contribution in [-0.4, -0.2) is 16.9 Å². The first-order valence-electron chi connectivity index (χ1n) is 4.85. The Kier molecular flexibility index (Phi) is 3.86. The maximum Gasteiger partial charge on any atom is 0.304 e. The molecule has 0 bridgehead atoms. The zero-order chi connectivity index (χ0) is 12.3. The van der Waals surface area contributed by atoms with E-state index in [4.69, 9.17) is 5.11 Å². The van der Waals surface area contributed by atoms with Crippen molar-refractivity contribution in [2.45, 2.75) is 20.3 Å². The molecule has 1 aromatic carbocycles. The zero-order valence-electron chi connectivity index (χ0n) is 9.16. The van der Waals surface area contributed by atoms with E-state index >= 15 is 0 Å². The van der Waals surface area contributed by atoms with E-state index < -0.39 is 11.4 Å². The van der Waals surface area contributed by atoms with Gasteiger partial charge in [-0.05, 0) is 12.1 Å². The van der Waals surface area contributed by atoms with E-state index in [1.807, 2.05) is 6.07 Å². The molecule has 4 heteroatoms. The highest BCUT2D eigenvalue weighted by atomic mass is 79.9. The maximum absolute atomic E-state index is 12.1. The lowest BCUT2D eigenvalue weighted by Gasteiger charge is -2.20. The molecule has 0 heterocycles. The van der Waals surface area contributed by atoms with Gasteiger partial charge >= 0.3 is 5.97 Å². The van der Waals surface area contributed by atoms with E-state index in [1.165, 1.54) is 0 Å². The van der Waals surface area contributed by atoms with Crippen LogP contribution in [0.5, 0.6) is 0 Å². The molecule has 0 fully saturated rings. The van der Waals surface area contributed by atoms with E-state index in [2.05, 4.69) is 15.9 Å². The molecule has 0 aliphatic carbocycles. The molecule has 0 aliphatic heterocycles. The van der Waals surface area contributed by atoms with Gasteiger partial charge in [-0.25, -0.2) is 0 Å². The molecule has 16 heavy (non-hydrogen) atoms. The molecule has 3 nitrogen and oxygen atoms in total. The number of benzene rings is 1. The van der Waals surface area contributed by atoms with Gasteiger partial charge in [-0.1, -0.05) is 41.9 Å². The minimum Gasteiger partial charge on any atom is -0.481 e. The molecule has 1 N–H and O–H groups in total. The predicted molar refractivity (Wildman–Crippen MR) is 64.5 cm³/mol. The minimum absolute atomic E-state index is 0.156. The fourth-order valence-electron chi connectivity index (χ4n) is 1.48. The molecule has 0 unspecified atom stereocenters. The summed E-state index contributed by atoms with van der Waals surface area (Å²) in [5, 5.41) is 8.74. The zero-order valence-corrected chi connectivity index (χ0v) is 10.7. The number of halogens is 1. The number of carboxylic acids is 1. The largest absolute Gasteiger partial charge is 0.481 e. The maximum atomic E-state index is 12.1. The van der Waals surface area contributed by atoms with Crippen molar-refractivity contribution in [2.75, 3.05) is 0 Å². The number of hydrogen-bond donors (Lipinski definition) is 1. The van der Waals surface area contributed by atoms with Crippen LogP contribution in [-0.2, 0) is 4.79 Å². The van der Waals surface area contributed by atoms with Gasteiger partial charge in [0.05, 0.1) is 6.42 Å². The Morgan fingerprint density at radius 2 is 2.00 bits per heavy atom. The summed E-state index contributed by atoms with van der Waals surface area (Å²) in [4.78, 5) is 22.7. The number of hydrogen-bond acceptors (Lipinski definition) is 2. The first-order valence-corrected chi connectivity index (χ1v) is 5.64. The summed E-state index contributed by atoms with van der Waals surface area (Å²) in [5.74, 6) is -1.12. The summed E-state index contributed by atoms with van der Waals surface area (Å²) in [6.45, 7) is 3.29. The quantitative estimate of drug-likeness (QED) is 0.865. The van der Waals surface area contributed by atoms with Crippen LogP contribution in [0.15, 0.2) is 28.7 Å². The first kappa shape index (κ1) is 12.9. The van der Waals surface area contributed by atoms with Gasteiger partial charge in [0.2, 0.25) is 0 Å². The third-order valence-corrected chi connectivity index (χ3v) is 2.79. The predicted octanol–water partition coefficient (Wildman–Crippen LogP) is 3.13.